The first-order chi connectivity index (χ1) is 21.1. The van der Waals surface area contributed by atoms with Crippen molar-refractivity contribution in [2.24, 2.45) is 10.9 Å². The van der Waals surface area contributed by atoms with Crippen molar-refractivity contribution in [3.05, 3.63) is 57.9 Å². The minimum Gasteiger partial charge on any atom is -0.453 e. The minimum atomic E-state index is -1.70. The number of methoxy groups -OCH3 is 1. The van der Waals surface area contributed by atoms with Gasteiger partial charge in [-0.3, -0.25) is 15.2 Å². The molecule has 4 unspecified atom stereocenters. The van der Waals surface area contributed by atoms with Gasteiger partial charge in [0.15, 0.2) is 12.1 Å². The van der Waals surface area contributed by atoms with Gasteiger partial charge in [-0.2, -0.15) is 5.26 Å². The molecule has 3 aliphatic heterocycles. The van der Waals surface area contributed by atoms with E-state index in [4.69, 9.17) is 21.3 Å². The molecule has 236 valence electrons. The first-order valence-electron chi connectivity index (χ1n) is 14.3. The molecular weight excluding hydrogens is 602 g/mol. The van der Waals surface area contributed by atoms with E-state index in [0.717, 1.165) is 12.1 Å². The Labute approximate surface area is 257 Å². The van der Waals surface area contributed by atoms with Crippen molar-refractivity contribution in [3.63, 3.8) is 0 Å². The van der Waals surface area contributed by atoms with Crippen LogP contribution >= 0.6 is 11.6 Å². The number of benzene rings is 1. The molecule has 5 N–H and O–H groups in total. The second-order valence-corrected chi connectivity index (χ2v) is 11.5. The van der Waals surface area contributed by atoms with E-state index in [-0.39, 0.29) is 18.0 Å². The molecule has 1 aromatic carbocycles. The van der Waals surface area contributed by atoms with Gasteiger partial charge in [0.05, 0.1) is 41.9 Å². The van der Waals surface area contributed by atoms with Crippen LogP contribution in [0.25, 0.3) is 0 Å². The largest absolute Gasteiger partial charge is 0.453 e. The number of amidine groups is 1. The van der Waals surface area contributed by atoms with Crippen LogP contribution in [0.5, 0.6) is 0 Å². The number of fused-ring (bicyclic) bond motifs is 3. The molecule has 1 saturated heterocycles. The molecule has 0 saturated carbocycles. The van der Waals surface area contributed by atoms with E-state index in [1.54, 1.807) is 12.2 Å². The van der Waals surface area contributed by atoms with Crippen molar-refractivity contribution in [2.75, 3.05) is 13.7 Å². The van der Waals surface area contributed by atoms with E-state index >= 15 is 0 Å². The molecule has 1 aliphatic carbocycles. The monoisotopic (exact) mass is 634 g/mol. The number of hydrogen-bond acceptors (Lipinski definition) is 10. The summed E-state index contributed by atoms with van der Waals surface area (Å²) in [4.78, 5) is 31.5. The van der Waals surface area contributed by atoms with Gasteiger partial charge < -0.3 is 30.3 Å². The Morgan fingerprint density at radius 3 is 2.75 bits per heavy atom. The van der Waals surface area contributed by atoms with E-state index in [0.29, 0.717) is 49.3 Å². The number of hydrogen-bond donors (Lipinski definition) is 5. The summed E-state index contributed by atoms with van der Waals surface area (Å²) in [5, 5.41) is 39.1. The number of amides is 2. The molecule has 2 amide bonds. The van der Waals surface area contributed by atoms with Crippen LogP contribution in [0.15, 0.2) is 40.7 Å². The SMILES string of the molecule is COC(=O)NC1=CCC2C(=C1)N[C@@H](C(O)O)CCCC[C@H](N1CCC(c3c(F)ccc(Cl)c3F)OC1=O)C1=NC2C(C#N)N1. The summed E-state index contributed by atoms with van der Waals surface area (Å²) in [5.74, 6) is -1.84. The van der Waals surface area contributed by atoms with Crippen LogP contribution in [0.1, 0.15) is 50.2 Å². The number of aliphatic hydroxyl groups is 2. The standard InChI is InChI=1S/C29H33ClF2N6O6/c1-43-28(41)34-14-6-7-15-19(12-14)35-18(27(39)40)4-2-3-5-21(26-36-20(13-33)25(15)37-26)38-11-10-22(44-29(38)42)23-17(31)9-8-16(30)24(23)32/h6,8-9,12,15,18,20-22,25,27,35,39-40H,2-5,7,10-11H2,1H3,(H,34,41)(H,36,37)/t15?,18-,20?,21+,22?,25?/m1/s1. The Bertz CT molecular complexity index is 1430. The number of cyclic esters (lactones) is 1. The fourth-order valence-electron chi connectivity index (χ4n) is 6.14. The number of aliphatic hydroxyl groups excluding tert-OH is 1. The average molecular weight is 635 g/mol. The van der Waals surface area contributed by atoms with Crippen molar-refractivity contribution in [3.8, 4) is 6.07 Å². The van der Waals surface area contributed by atoms with Crippen LogP contribution in [0, 0.1) is 28.9 Å². The van der Waals surface area contributed by atoms with E-state index in [1.807, 2.05) is 0 Å². The number of alkyl carbamates (subject to hydrolysis) is 1. The smallest absolute Gasteiger partial charge is 0.411 e. The molecule has 5 rings (SSSR count). The molecule has 0 aromatic heterocycles. The van der Waals surface area contributed by atoms with Gasteiger partial charge in [-0.05, 0) is 37.5 Å². The molecule has 12 nitrogen and oxygen atoms in total. The number of allylic oxidation sites excluding steroid dienone is 2. The molecule has 2 bridgehead atoms. The third kappa shape index (κ3) is 6.45. The molecule has 1 fully saturated rings. The number of rotatable bonds is 4. The Balaban J connectivity index is 1.44. The lowest BCUT2D eigenvalue weighted by Crippen LogP contribution is -2.52. The van der Waals surface area contributed by atoms with Gasteiger partial charge in [-0.1, -0.05) is 30.5 Å². The van der Waals surface area contributed by atoms with E-state index in [2.05, 4.69) is 26.8 Å². The number of aliphatic imine (C=N–C) groups is 1. The fourth-order valence-corrected chi connectivity index (χ4v) is 6.31. The number of halogens is 3. The van der Waals surface area contributed by atoms with Crippen LogP contribution in [0.3, 0.4) is 0 Å². The normalized spacial score (nSPS) is 28.8. The summed E-state index contributed by atoms with van der Waals surface area (Å²) < 4.78 is 39.5. The highest BCUT2D eigenvalue weighted by atomic mass is 35.5. The molecule has 0 radical (unpaired) electrons. The van der Waals surface area contributed by atoms with Crippen molar-refractivity contribution >= 4 is 29.6 Å². The number of carbonyl (C=O) groups is 2. The summed E-state index contributed by atoms with van der Waals surface area (Å²) in [6, 6.07) is 1.55. The Morgan fingerprint density at radius 1 is 1.27 bits per heavy atom. The number of carbonyl (C=O) groups excluding carboxylic acids is 2. The topological polar surface area (TPSA) is 169 Å². The quantitative estimate of drug-likeness (QED) is 0.247. The van der Waals surface area contributed by atoms with Gasteiger partial charge in [-0.25, -0.2) is 18.4 Å². The maximum Gasteiger partial charge on any atom is 0.411 e. The molecule has 44 heavy (non-hydrogen) atoms. The summed E-state index contributed by atoms with van der Waals surface area (Å²) in [6.45, 7) is 0.0988. The zero-order valence-corrected chi connectivity index (χ0v) is 24.6. The van der Waals surface area contributed by atoms with Crippen molar-refractivity contribution in [1.29, 1.82) is 5.26 Å². The summed E-state index contributed by atoms with van der Waals surface area (Å²) in [5.41, 5.74) is 0.586. The highest BCUT2D eigenvalue weighted by Crippen LogP contribution is 2.36. The van der Waals surface area contributed by atoms with Gasteiger partial charge in [0, 0.05) is 30.3 Å². The minimum absolute atomic E-state index is 0.0911. The lowest BCUT2D eigenvalue weighted by Gasteiger charge is -2.37. The highest BCUT2D eigenvalue weighted by Gasteiger charge is 2.44. The van der Waals surface area contributed by atoms with Gasteiger partial charge in [0.1, 0.15) is 23.8 Å². The number of nitrogens with zero attached hydrogens (tertiary/aromatic N) is 3. The molecule has 3 heterocycles. The second kappa shape index (κ2) is 13.4. The van der Waals surface area contributed by atoms with Gasteiger partial charge in [0.2, 0.25) is 0 Å². The highest BCUT2D eigenvalue weighted by molar-refractivity contribution is 6.30. The molecule has 1 aromatic rings. The Kier molecular flexibility index (Phi) is 9.57. The summed E-state index contributed by atoms with van der Waals surface area (Å²) in [7, 11) is 1.24. The van der Waals surface area contributed by atoms with Crippen LogP contribution < -0.4 is 16.0 Å². The first kappa shape index (κ1) is 31.5. The first-order valence-corrected chi connectivity index (χ1v) is 14.7. The van der Waals surface area contributed by atoms with E-state index < -0.39 is 71.9 Å². The third-order valence-electron chi connectivity index (χ3n) is 8.38. The van der Waals surface area contributed by atoms with Crippen LogP contribution in [0.4, 0.5) is 18.4 Å². The zero-order chi connectivity index (χ0) is 31.5. The average Bonchev–Trinajstić information content (AvgIpc) is 3.42. The summed E-state index contributed by atoms with van der Waals surface area (Å²) in [6.07, 6.45) is 1.38. The predicted molar refractivity (Wildman–Crippen MR) is 153 cm³/mol. The van der Waals surface area contributed by atoms with E-state index in [9.17, 15) is 33.8 Å². The number of nitrogens with one attached hydrogen (secondary N) is 3. The van der Waals surface area contributed by atoms with E-state index in [1.165, 1.54) is 12.0 Å². The van der Waals surface area contributed by atoms with Gasteiger partial charge in [0.25, 0.3) is 0 Å². The number of nitriles is 1. The van der Waals surface area contributed by atoms with Crippen molar-refractivity contribution in [1.82, 2.24) is 20.9 Å². The second-order valence-electron chi connectivity index (χ2n) is 11.0. The van der Waals surface area contributed by atoms with Crippen molar-refractivity contribution in [2.45, 2.75) is 75.1 Å². The van der Waals surface area contributed by atoms with Crippen LogP contribution in [-0.2, 0) is 9.47 Å². The zero-order valence-electron chi connectivity index (χ0n) is 23.8. The molecule has 0 spiro atoms. The third-order valence-corrected chi connectivity index (χ3v) is 8.67. The summed E-state index contributed by atoms with van der Waals surface area (Å²) >= 11 is 5.85. The maximum atomic E-state index is 14.7. The molecular formula is C29H33ClF2N6O6. The van der Waals surface area contributed by atoms with Crippen LogP contribution in [-0.4, -0.2) is 77.2 Å². The van der Waals surface area contributed by atoms with Gasteiger partial charge >= 0.3 is 12.2 Å². The molecule has 6 atom stereocenters. The maximum absolute atomic E-state index is 14.7. The van der Waals surface area contributed by atoms with Crippen LogP contribution in [0.2, 0.25) is 5.02 Å². The Morgan fingerprint density at radius 2 is 2.05 bits per heavy atom. The molecule has 15 heteroatoms. The lowest BCUT2D eigenvalue weighted by atomic mass is 9.85. The number of ether oxygens (including phenoxy) is 2. The van der Waals surface area contributed by atoms with Gasteiger partial charge in [-0.15, -0.1) is 0 Å². The van der Waals surface area contributed by atoms with Crippen molar-refractivity contribution < 1.29 is 38.1 Å². The Hall–Kier alpha value is -3.93. The fraction of sp³-hybridized carbons (Fsp3) is 0.517. The molecule has 4 aliphatic rings. The predicted octanol–water partition coefficient (Wildman–Crippen LogP) is 3.12. The lowest BCUT2D eigenvalue weighted by molar-refractivity contribution is -0.0676.